The van der Waals surface area contributed by atoms with E-state index in [1.165, 1.54) is 0 Å². The van der Waals surface area contributed by atoms with E-state index in [1.54, 1.807) is 4.90 Å². The Kier molecular flexibility index (Phi) is 4.98. The third kappa shape index (κ3) is 3.92. The molecule has 0 aliphatic carbocycles. The van der Waals surface area contributed by atoms with Crippen molar-refractivity contribution in [2.45, 2.75) is 25.2 Å². The Morgan fingerprint density at radius 3 is 2.48 bits per heavy atom. The van der Waals surface area contributed by atoms with Gasteiger partial charge >= 0.3 is 6.09 Å². The van der Waals surface area contributed by atoms with Crippen molar-refractivity contribution in [2.75, 3.05) is 6.54 Å². The molecule has 1 amide bonds. The number of hydrogen-bond acceptors (Lipinski definition) is 3. The number of nitrogens with zero attached hydrogens (tertiary/aromatic N) is 1. The minimum absolute atomic E-state index is 0.223. The molecule has 1 fully saturated rings. The van der Waals surface area contributed by atoms with Crippen LogP contribution < -0.4 is 0 Å². The number of carbonyl (C=O) groups excluding carboxylic acids is 1. The quantitative estimate of drug-likeness (QED) is 0.890. The van der Waals surface area contributed by atoms with Crippen LogP contribution in [0.15, 0.2) is 59.1 Å². The van der Waals surface area contributed by atoms with Gasteiger partial charge in [-0.15, -0.1) is 0 Å². The van der Waals surface area contributed by atoms with E-state index in [4.69, 9.17) is 4.74 Å². The van der Waals surface area contributed by atoms with Crippen molar-refractivity contribution in [3.63, 3.8) is 0 Å². The van der Waals surface area contributed by atoms with Gasteiger partial charge in [-0.2, -0.15) is 0 Å². The second kappa shape index (κ2) is 7.15. The van der Waals surface area contributed by atoms with E-state index >= 15 is 0 Å². The number of aliphatic hydroxyl groups is 1. The average molecular weight is 376 g/mol. The molecule has 1 aliphatic heterocycles. The number of ether oxygens (including phenoxy) is 1. The van der Waals surface area contributed by atoms with E-state index in [0.717, 1.165) is 15.6 Å². The summed E-state index contributed by atoms with van der Waals surface area (Å²) in [7, 11) is 0. The van der Waals surface area contributed by atoms with Crippen LogP contribution in [0.5, 0.6) is 0 Å². The van der Waals surface area contributed by atoms with E-state index in [9.17, 15) is 9.90 Å². The average Bonchev–Trinajstić information content (AvgIpc) is 2.58. The van der Waals surface area contributed by atoms with E-state index < -0.39 is 6.10 Å². The first kappa shape index (κ1) is 16.0. The summed E-state index contributed by atoms with van der Waals surface area (Å²) < 4.78 is 6.34. The number of benzene rings is 2. The second-order valence-electron chi connectivity index (χ2n) is 5.66. The van der Waals surface area contributed by atoms with Crippen LogP contribution in [-0.4, -0.2) is 34.8 Å². The molecule has 4 nitrogen and oxygen atoms in total. The molecule has 1 saturated heterocycles. The molecule has 5 heteroatoms. The number of β-amino-alcohol motifs (C(OH)–C–C–N with tert-alkyl or cyclic N) is 1. The fourth-order valence-electron chi connectivity index (χ4n) is 2.65. The number of carbonyl (C=O) groups is 1. The van der Waals surface area contributed by atoms with Crippen LogP contribution in [0.2, 0.25) is 0 Å². The first-order valence-corrected chi connectivity index (χ1v) is 8.32. The topological polar surface area (TPSA) is 49.8 Å². The SMILES string of the molecule is O=C(OCc1ccccc1)N1C[C@H](O)[C@@H]1Cc1ccc(Br)cc1. The Morgan fingerprint density at radius 2 is 1.83 bits per heavy atom. The summed E-state index contributed by atoms with van der Waals surface area (Å²) in [4.78, 5) is 13.8. The minimum Gasteiger partial charge on any atom is -0.445 e. The van der Waals surface area contributed by atoms with Crippen molar-refractivity contribution in [1.29, 1.82) is 0 Å². The Bertz CT molecular complexity index is 660. The maximum absolute atomic E-state index is 12.2. The highest BCUT2D eigenvalue weighted by Gasteiger charge is 2.41. The molecule has 0 radical (unpaired) electrons. The van der Waals surface area contributed by atoms with Crippen LogP contribution >= 0.6 is 15.9 Å². The molecule has 23 heavy (non-hydrogen) atoms. The lowest BCUT2D eigenvalue weighted by atomic mass is 9.93. The zero-order valence-corrected chi connectivity index (χ0v) is 14.1. The van der Waals surface area contributed by atoms with E-state index in [2.05, 4.69) is 15.9 Å². The van der Waals surface area contributed by atoms with Gasteiger partial charge in [0.15, 0.2) is 0 Å². The van der Waals surface area contributed by atoms with Gasteiger partial charge < -0.3 is 9.84 Å². The second-order valence-corrected chi connectivity index (χ2v) is 6.57. The van der Waals surface area contributed by atoms with E-state index in [1.807, 2.05) is 54.6 Å². The number of amides is 1. The van der Waals surface area contributed by atoms with Gasteiger partial charge in [-0.3, -0.25) is 4.90 Å². The molecule has 2 atom stereocenters. The lowest BCUT2D eigenvalue weighted by Gasteiger charge is -2.44. The highest BCUT2D eigenvalue weighted by atomic mass is 79.9. The van der Waals surface area contributed by atoms with Gasteiger partial charge in [0.1, 0.15) is 6.61 Å². The van der Waals surface area contributed by atoms with Crippen LogP contribution in [0.25, 0.3) is 0 Å². The summed E-state index contributed by atoms with van der Waals surface area (Å²) in [5.74, 6) is 0. The van der Waals surface area contributed by atoms with Crippen LogP contribution in [0, 0.1) is 0 Å². The van der Waals surface area contributed by atoms with E-state index in [-0.39, 0.29) is 18.7 Å². The smallest absolute Gasteiger partial charge is 0.410 e. The molecule has 1 aliphatic rings. The molecule has 0 unspecified atom stereocenters. The molecule has 0 spiro atoms. The van der Waals surface area contributed by atoms with E-state index in [0.29, 0.717) is 13.0 Å². The molecular formula is C18H18BrNO3. The molecule has 1 heterocycles. The third-order valence-corrected chi connectivity index (χ3v) is 4.55. The van der Waals surface area contributed by atoms with Crippen molar-refractivity contribution < 1.29 is 14.6 Å². The van der Waals surface area contributed by atoms with Crippen molar-refractivity contribution in [2.24, 2.45) is 0 Å². The monoisotopic (exact) mass is 375 g/mol. The summed E-state index contributed by atoms with van der Waals surface area (Å²) in [6, 6.07) is 17.2. The Balaban J connectivity index is 1.56. The minimum atomic E-state index is -0.497. The standard InChI is InChI=1S/C18H18BrNO3/c19-15-8-6-13(7-9-15)10-16-17(21)11-20(16)18(22)23-12-14-4-2-1-3-5-14/h1-9,16-17,21H,10-12H2/t16-,17-/m0/s1. The number of hydrogen-bond donors (Lipinski definition) is 1. The van der Waals surface area contributed by atoms with Crippen molar-refractivity contribution in [3.05, 3.63) is 70.2 Å². The number of likely N-dealkylation sites (tertiary alicyclic amines) is 1. The van der Waals surface area contributed by atoms with Gasteiger partial charge in [-0.05, 0) is 29.7 Å². The summed E-state index contributed by atoms with van der Waals surface area (Å²) >= 11 is 3.40. The Labute approximate surface area is 143 Å². The van der Waals surface area contributed by atoms with Gasteiger partial charge in [0, 0.05) is 4.47 Å². The summed E-state index contributed by atoms with van der Waals surface area (Å²) in [5.41, 5.74) is 2.03. The van der Waals surface area contributed by atoms with Gasteiger partial charge in [0.25, 0.3) is 0 Å². The number of aliphatic hydroxyl groups excluding tert-OH is 1. The first-order chi connectivity index (χ1) is 11.1. The molecule has 3 rings (SSSR count). The van der Waals surface area contributed by atoms with Crippen LogP contribution in [0.4, 0.5) is 4.79 Å². The largest absolute Gasteiger partial charge is 0.445 e. The van der Waals surface area contributed by atoms with Crippen LogP contribution in [0.3, 0.4) is 0 Å². The Morgan fingerprint density at radius 1 is 1.13 bits per heavy atom. The lowest BCUT2D eigenvalue weighted by Crippen LogP contribution is -2.63. The van der Waals surface area contributed by atoms with Crippen molar-refractivity contribution >= 4 is 22.0 Å². The fraction of sp³-hybridized carbons (Fsp3) is 0.278. The van der Waals surface area contributed by atoms with Gasteiger partial charge in [-0.25, -0.2) is 4.79 Å². The lowest BCUT2D eigenvalue weighted by molar-refractivity contribution is -0.0547. The Hall–Kier alpha value is -1.85. The molecule has 2 aromatic rings. The zero-order chi connectivity index (χ0) is 16.2. The normalized spacial score (nSPS) is 20.0. The van der Waals surface area contributed by atoms with Crippen LogP contribution in [0.1, 0.15) is 11.1 Å². The molecule has 1 N–H and O–H groups in total. The fourth-order valence-corrected chi connectivity index (χ4v) is 2.91. The highest BCUT2D eigenvalue weighted by Crippen LogP contribution is 2.24. The van der Waals surface area contributed by atoms with Crippen LogP contribution in [-0.2, 0) is 17.8 Å². The molecular weight excluding hydrogens is 358 g/mol. The molecule has 0 bridgehead atoms. The summed E-state index contributed by atoms with van der Waals surface area (Å²) in [6.45, 7) is 0.575. The first-order valence-electron chi connectivity index (χ1n) is 7.53. The maximum atomic E-state index is 12.2. The molecule has 2 aromatic carbocycles. The van der Waals surface area contributed by atoms with Gasteiger partial charge in [-0.1, -0.05) is 58.4 Å². The van der Waals surface area contributed by atoms with Gasteiger partial charge in [0.2, 0.25) is 0 Å². The number of rotatable bonds is 4. The third-order valence-electron chi connectivity index (χ3n) is 4.03. The van der Waals surface area contributed by atoms with Crippen molar-refractivity contribution in [1.82, 2.24) is 4.90 Å². The highest BCUT2D eigenvalue weighted by molar-refractivity contribution is 9.10. The maximum Gasteiger partial charge on any atom is 0.410 e. The number of halogens is 1. The predicted octanol–water partition coefficient (Wildman–Crippen LogP) is 3.37. The molecule has 0 saturated carbocycles. The summed E-state index contributed by atoms with van der Waals surface area (Å²) in [5, 5.41) is 9.97. The van der Waals surface area contributed by atoms with Crippen molar-refractivity contribution in [3.8, 4) is 0 Å². The molecule has 0 aromatic heterocycles. The zero-order valence-electron chi connectivity index (χ0n) is 12.6. The van der Waals surface area contributed by atoms with Gasteiger partial charge in [0.05, 0.1) is 18.7 Å². The molecule has 120 valence electrons. The summed E-state index contributed by atoms with van der Waals surface area (Å²) in [6.07, 6.45) is -0.251. The predicted molar refractivity (Wildman–Crippen MR) is 91.0 cm³/mol.